The van der Waals surface area contributed by atoms with E-state index in [1.54, 1.807) is 0 Å². The summed E-state index contributed by atoms with van der Waals surface area (Å²) in [6.45, 7) is 4.30. The Balaban J connectivity index is 2.12. The number of rotatable bonds is 1. The minimum atomic E-state index is 0.0726. The molecule has 13 heavy (non-hydrogen) atoms. The normalized spacial score (nSPS) is 39.0. The van der Waals surface area contributed by atoms with Gasteiger partial charge in [0, 0.05) is 5.92 Å². The Morgan fingerprint density at radius 3 is 2.69 bits per heavy atom. The second kappa shape index (κ2) is 3.32. The van der Waals surface area contributed by atoms with Crippen molar-refractivity contribution in [3.8, 4) is 0 Å². The van der Waals surface area contributed by atoms with E-state index in [1.807, 2.05) is 0 Å². The summed E-state index contributed by atoms with van der Waals surface area (Å²) in [5, 5.41) is 0. The summed E-state index contributed by atoms with van der Waals surface area (Å²) in [6.07, 6.45) is 4.95. The average molecular weight is 182 g/mol. The van der Waals surface area contributed by atoms with Crippen molar-refractivity contribution in [3.05, 3.63) is 0 Å². The topological polar surface area (TPSA) is 26.3 Å². The molecule has 1 saturated carbocycles. The molecule has 1 heterocycles. The molecule has 1 aliphatic carbocycles. The molecule has 0 aromatic rings. The highest BCUT2D eigenvalue weighted by Gasteiger charge is 2.46. The maximum Gasteiger partial charge on any atom is 0.309 e. The van der Waals surface area contributed by atoms with Crippen LogP contribution >= 0.6 is 0 Å². The second-order valence-electron chi connectivity index (χ2n) is 4.70. The second-order valence-corrected chi connectivity index (χ2v) is 4.70. The molecule has 0 spiro atoms. The minimum Gasteiger partial charge on any atom is -0.462 e. The van der Waals surface area contributed by atoms with Gasteiger partial charge >= 0.3 is 5.97 Å². The predicted molar refractivity (Wildman–Crippen MR) is 50.2 cm³/mol. The van der Waals surface area contributed by atoms with E-state index in [-0.39, 0.29) is 18.0 Å². The van der Waals surface area contributed by atoms with Gasteiger partial charge in [-0.15, -0.1) is 0 Å². The third-order valence-electron chi connectivity index (χ3n) is 3.45. The van der Waals surface area contributed by atoms with Crippen molar-refractivity contribution >= 4 is 5.97 Å². The number of hydrogen-bond acceptors (Lipinski definition) is 2. The number of cyclic esters (lactones) is 1. The van der Waals surface area contributed by atoms with Crippen molar-refractivity contribution in [1.82, 2.24) is 0 Å². The van der Waals surface area contributed by atoms with Crippen molar-refractivity contribution < 1.29 is 9.53 Å². The van der Waals surface area contributed by atoms with Gasteiger partial charge < -0.3 is 4.74 Å². The summed E-state index contributed by atoms with van der Waals surface area (Å²) < 4.78 is 5.43. The lowest BCUT2D eigenvalue weighted by molar-refractivity contribution is -0.145. The third-order valence-corrected chi connectivity index (χ3v) is 3.45. The summed E-state index contributed by atoms with van der Waals surface area (Å²) in [4.78, 5) is 11.5. The van der Waals surface area contributed by atoms with E-state index >= 15 is 0 Å². The summed E-state index contributed by atoms with van der Waals surface area (Å²) in [7, 11) is 0. The maximum absolute atomic E-state index is 11.5. The molecule has 0 aromatic carbocycles. The van der Waals surface area contributed by atoms with Gasteiger partial charge in [-0.3, -0.25) is 4.79 Å². The molecule has 3 atom stereocenters. The van der Waals surface area contributed by atoms with E-state index in [4.69, 9.17) is 4.74 Å². The van der Waals surface area contributed by atoms with Crippen LogP contribution in [0.1, 0.15) is 39.5 Å². The molecule has 2 fully saturated rings. The van der Waals surface area contributed by atoms with Crippen molar-refractivity contribution in [2.24, 2.45) is 17.8 Å². The molecule has 0 amide bonds. The van der Waals surface area contributed by atoms with Crippen LogP contribution in [-0.2, 0) is 9.53 Å². The van der Waals surface area contributed by atoms with Crippen LogP contribution < -0.4 is 0 Å². The molecule has 2 rings (SSSR count). The van der Waals surface area contributed by atoms with Gasteiger partial charge in [0.15, 0.2) is 0 Å². The highest BCUT2D eigenvalue weighted by atomic mass is 16.6. The first-order chi connectivity index (χ1) is 6.20. The van der Waals surface area contributed by atoms with E-state index in [0.717, 1.165) is 6.42 Å². The number of esters is 1. The molecule has 2 heteroatoms. The van der Waals surface area contributed by atoms with E-state index < -0.39 is 0 Å². The van der Waals surface area contributed by atoms with Gasteiger partial charge in [-0.25, -0.2) is 0 Å². The molecule has 2 aliphatic rings. The Hall–Kier alpha value is -0.530. The lowest BCUT2D eigenvalue weighted by atomic mass is 9.76. The monoisotopic (exact) mass is 182 g/mol. The fourth-order valence-corrected chi connectivity index (χ4v) is 2.78. The predicted octanol–water partition coefficient (Wildman–Crippen LogP) is 2.37. The number of carbonyl (C=O) groups excluding carboxylic acids is 1. The standard InChI is InChI=1S/C11H18O2/c1-7(2)10-8-5-3-4-6-9(8)11(12)13-10/h7-10H,3-6H2,1-2H3. The lowest BCUT2D eigenvalue weighted by Gasteiger charge is -2.26. The SMILES string of the molecule is CC(C)C1OC(=O)C2CCCCC21. The molecule has 74 valence electrons. The van der Waals surface area contributed by atoms with E-state index in [9.17, 15) is 4.79 Å². The van der Waals surface area contributed by atoms with Crippen LogP contribution in [-0.4, -0.2) is 12.1 Å². The summed E-state index contributed by atoms with van der Waals surface area (Å²) >= 11 is 0. The highest BCUT2D eigenvalue weighted by Crippen LogP contribution is 2.41. The fourth-order valence-electron chi connectivity index (χ4n) is 2.78. The van der Waals surface area contributed by atoms with E-state index in [2.05, 4.69) is 13.8 Å². The van der Waals surface area contributed by atoms with Crippen molar-refractivity contribution in [3.63, 3.8) is 0 Å². The highest BCUT2D eigenvalue weighted by molar-refractivity contribution is 5.75. The van der Waals surface area contributed by atoms with Crippen molar-refractivity contribution in [2.45, 2.75) is 45.6 Å². The quantitative estimate of drug-likeness (QED) is 0.582. The Morgan fingerprint density at radius 2 is 2.00 bits per heavy atom. The number of ether oxygens (including phenoxy) is 1. The van der Waals surface area contributed by atoms with Crippen LogP contribution in [0.5, 0.6) is 0 Å². The van der Waals surface area contributed by atoms with E-state index in [1.165, 1.54) is 19.3 Å². The van der Waals surface area contributed by atoms with Gasteiger partial charge in [0.2, 0.25) is 0 Å². The Morgan fingerprint density at radius 1 is 1.31 bits per heavy atom. The first kappa shape index (κ1) is 9.04. The first-order valence-electron chi connectivity index (χ1n) is 5.40. The van der Waals surface area contributed by atoms with Crippen LogP contribution in [0.3, 0.4) is 0 Å². The van der Waals surface area contributed by atoms with Crippen LogP contribution in [0.4, 0.5) is 0 Å². The average Bonchev–Trinajstić information content (AvgIpc) is 2.45. The minimum absolute atomic E-state index is 0.0726. The molecule has 0 bridgehead atoms. The molecule has 0 aromatic heterocycles. The zero-order valence-corrected chi connectivity index (χ0v) is 8.45. The zero-order chi connectivity index (χ0) is 9.42. The Kier molecular flexibility index (Phi) is 2.31. The molecule has 1 saturated heterocycles. The van der Waals surface area contributed by atoms with Gasteiger partial charge in [-0.1, -0.05) is 26.7 Å². The van der Waals surface area contributed by atoms with Gasteiger partial charge in [-0.2, -0.15) is 0 Å². The maximum atomic E-state index is 11.5. The lowest BCUT2D eigenvalue weighted by Crippen LogP contribution is -2.27. The molecule has 2 nitrogen and oxygen atoms in total. The number of hydrogen-bond donors (Lipinski definition) is 0. The van der Waals surface area contributed by atoms with Crippen LogP contribution in [0.2, 0.25) is 0 Å². The summed E-state index contributed by atoms with van der Waals surface area (Å²) in [5.41, 5.74) is 0. The largest absolute Gasteiger partial charge is 0.462 e. The third kappa shape index (κ3) is 1.47. The van der Waals surface area contributed by atoms with E-state index in [0.29, 0.717) is 11.8 Å². The van der Waals surface area contributed by atoms with Crippen LogP contribution in [0.15, 0.2) is 0 Å². The number of carbonyl (C=O) groups is 1. The Labute approximate surface area is 79.7 Å². The fraction of sp³-hybridized carbons (Fsp3) is 0.909. The first-order valence-corrected chi connectivity index (χ1v) is 5.40. The smallest absolute Gasteiger partial charge is 0.309 e. The van der Waals surface area contributed by atoms with Gasteiger partial charge in [0.1, 0.15) is 6.10 Å². The summed E-state index contributed by atoms with van der Waals surface area (Å²) in [6, 6.07) is 0. The van der Waals surface area contributed by atoms with Crippen LogP contribution in [0.25, 0.3) is 0 Å². The summed E-state index contributed by atoms with van der Waals surface area (Å²) in [5.74, 6) is 1.32. The van der Waals surface area contributed by atoms with Gasteiger partial charge in [0.25, 0.3) is 0 Å². The molecule has 3 unspecified atom stereocenters. The van der Waals surface area contributed by atoms with Gasteiger partial charge in [0.05, 0.1) is 5.92 Å². The van der Waals surface area contributed by atoms with Crippen molar-refractivity contribution in [2.75, 3.05) is 0 Å². The van der Waals surface area contributed by atoms with Crippen LogP contribution in [0, 0.1) is 17.8 Å². The van der Waals surface area contributed by atoms with Gasteiger partial charge in [-0.05, 0) is 18.8 Å². The Bertz CT molecular complexity index is 210. The molecule has 1 aliphatic heterocycles. The molecular weight excluding hydrogens is 164 g/mol. The number of fused-ring (bicyclic) bond motifs is 1. The molecule has 0 N–H and O–H groups in total. The zero-order valence-electron chi connectivity index (χ0n) is 8.45. The molecule has 0 radical (unpaired) electrons. The van der Waals surface area contributed by atoms with Crippen molar-refractivity contribution in [1.29, 1.82) is 0 Å². The molecular formula is C11H18O2.